The van der Waals surface area contributed by atoms with Crippen molar-refractivity contribution in [2.75, 3.05) is 18.0 Å². The molecule has 0 saturated carbocycles. The molecule has 0 bridgehead atoms. The Morgan fingerprint density at radius 2 is 2.26 bits per heavy atom. The van der Waals surface area contributed by atoms with Crippen LogP contribution in [0.2, 0.25) is 0 Å². The van der Waals surface area contributed by atoms with E-state index in [-0.39, 0.29) is 11.6 Å². The van der Waals surface area contributed by atoms with Crippen LogP contribution < -0.4 is 4.90 Å². The number of imidazole rings is 1. The molecule has 0 amide bonds. The molecule has 23 heavy (non-hydrogen) atoms. The first kappa shape index (κ1) is 15.4. The van der Waals surface area contributed by atoms with E-state index in [1.165, 1.54) is 12.3 Å². The predicted octanol–water partition coefficient (Wildman–Crippen LogP) is 1.67. The lowest BCUT2D eigenvalue weighted by Crippen LogP contribution is -2.38. The summed E-state index contributed by atoms with van der Waals surface area (Å²) in [6.45, 7) is 1.48. The summed E-state index contributed by atoms with van der Waals surface area (Å²) in [7, 11) is 1.87. The second kappa shape index (κ2) is 6.33. The van der Waals surface area contributed by atoms with Gasteiger partial charge in [0, 0.05) is 44.5 Å². The fraction of sp³-hybridized carbons (Fsp3) is 0.467. The summed E-state index contributed by atoms with van der Waals surface area (Å²) in [5.74, 6) is 1.42. The Labute approximate surface area is 133 Å². The Bertz CT molecular complexity index is 685. The quantitative estimate of drug-likeness (QED) is 0.680. The number of rotatable bonds is 4. The van der Waals surface area contributed by atoms with Crippen molar-refractivity contribution in [1.29, 1.82) is 0 Å². The van der Waals surface area contributed by atoms with Gasteiger partial charge in [0.2, 0.25) is 0 Å². The smallest absolute Gasteiger partial charge is 0.287 e. The van der Waals surface area contributed by atoms with E-state index in [1.54, 1.807) is 12.3 Å². The van der Waals surface area contributed by atoms with Crippen molar-refractivity contribution >= 4 is 11.5 Å². The Kier molecular flexibility index (Phi) is 4.24. The maximum atomic E-state index is 10.7. The van der Waals surface area contributed by atoms with Crippen LogP contribution in [-0.2, 0) is 7.05 Å². The number of aryl methyl sites for hydroxylation is 1. The topological polar surface area (TPSA) is 97.3 Å². The first-order chi connectivity index (χ1) is 11.1. The van der Waals surface area contributed by atoms with Crippen molar-refractivity contribution in [2.24, 2.45) is 13.0 Å². The first-order valence-corrected chi connectivity index (χ1v) is 7.57. The van der Waals surface area contributed by atoms with Gasteiger partial charge in [0.15, 0.2) is 0 Å². The molecule has 0 aliphatic carbocycles. The number of hydrogen-bond acceptors (Lipinski definition) is 6. The monoisotopic (exact) mass is 317 g/mol. The summed E-state index contributed by atoms with van der Waals surface area (Å²) in [6.07, 6.45) is 5.99. The first-order valence-electron chi connectivity index (χ1n) is 7.57. The van der Waals surface area contributed by atoms with E-state index < -0.39 is 11.0 Å². The molecule has 0 spiro atoms. The molecule has 3 heterocycles. The van der Waals surface area contributed by atoms with Gasteiger partial charge in [0.25, 0.3) is 5.69 Å². The van der Waals surface area contributed by atoms with Gasteiger partial charge < -0.3 is 14.6 Å². The molecular formula is C15H19N5O3. The summed E-state index contributed by atoms with van der Waals surface area (Å²) in [5, 5.41) is 21.3. The third-order valence-corrected chi connectivity index (χ3v) is 4.29. The summed E-state index contributed by atoms with van der Waals surface area (Å²) in [4.78, 5) is 20.7. The van der Waals surface area contributed by atoms with Gasteiger partial charge in [-0.05, 0) is 18.9 Å². The SMILES string of the molecule is Cn1ccnc1C(O)C1CCCN(c2ccc([N+](=O)[O-])cn2)C1. The van der Waals surface area contributed by atoms with Crippen molar-refractivity contribution < 1.29 is 10.0 Å². The fourth-order valence-corrected chi connectivity index (χ4v) is 3.02. The van der Waals surface area contributed by atoms with Crippen molar-refractivity contribution in [3.63, 3.8) is 0 Å². The summed E-state index contributed by atoms with van der Waals surface area (Å²) >= 11 is 0. The standard InChI is InChI=1S/C15H19N5O3/c1-18-8-6-16-15(18)14(21)11-3-2-7-19(10-11)13-5-4-12(9-17-13)20(22)23/h4-6,8-9,11,14,21H,2-3,7,10H2,1H3. The van der Waals surface area contributed by atoms with E-state index in [2.05, 4.69) is 14.9 Å². The molecule has 3 rings (SSSR count). The second-order valence-corrected chi connectivity index (χ2v) is 5.82. The Morgan fingerprint density at radius 1 is 1.43 bits per heavy atom. The zero-order valence-electron chi connectivity index (χ0n) is 12.9. The second-order valence-electron chi connectivity index (χ2n) is 5.82. The van der Waals surface area contributed by atoms with Crippen molar-refractivity contribution in [1.82, 2.24) is 14.5 Å². The van der Waals surface area contributed by atoms with Crippen LogP contribution in [-0.4, -0.2) is 37.7 Å². The molecule has 1 N–H and O–H groups in total. The molecule has 8 nitrogen and oxygen atoms in total. The third kappa shape index (κ3) is 3.16. The highest BCUT2D eigenvalue weighted by Gasteiger charge is 2.29. The molecule has 2 aromatic heterocycles. The van der Waals surface area contributed by atoms with Gasteiger partial charge in [-0.3, -0.25) is 10.1 Å². The summed E-state index contributed by atoms with van der Waals surface area (Å²) < 4.78 is 1.83. The average molecular weight is 317 g/mol. The Morgan fingerprint density at radius 3 is 2.87 bits per heavy atom. The molecule has 1 aliphatic heterocycles. The molecule has 2 unspecified atom stereocenters. The molecule has 0 aromatic carbocycles. The molecular weight excluding hydrogens is 298 g/mol. The molecule has 1 saturated heterocycles. The van der Waals surface area contributed by atoms with Gasteiger partial charge in [0.1, 0.15) is 23.9 Å². The average Bonchev–Trinajstić information content (AvgIpc) is 3.00. The Hall–Kier alpha value is -2.48. The number of aliphatic hydroxyl groups is 1. The minimum Gasteiger partial charge on any atom is -0.385 e. The molecule has 1 fully saturated rings. The third-order valence-electron chi connectivity index (χ3n) is 4.29. The minimum absolute atomic E-state index is 0.0182. The van der Waals surface area contributed by atoms with E-state index in [4.69, 9.17) is 0 Å². The molecule has 1 aliphatic rings. The number of nitrogens with zero attached hydrogens (tertiary/aromatic N) is 5. The van der Waals surface area contributed by atoms with Crippen LogP contribution in [0, 0.1) is 16.0 Å². The lowest BCUT2D eigenvalue weighted by atomic mass is 9.92. The van der Waals surface area contributed by atoms with Crippen LogP contribution in [0.4, 0.5) is 11.5 Å². The summed E-state index contributed by atoms with van der Waals surface area (Å²) in [5.41, 5.74) is -0.0182. The summed E-state index contributed by atoms with van der Waals surface area (Å²) in [6, 6.07) is 3.12. The number of aromatic nitrogens is 3. The number of anilines is 1. The lowest BCUT2D eigenvalue weighted by molar-refractivity contribution is -0.385. The maximum absolute atomic E-state index is 10.7. The fourth-order valence-electron chi connectivity index (χ4n) is 3.02. The highest BCUT2D eigenvalue weighted by atomic mass is 16.6. The van der Waals surface area contributed by atoms with Crippen LogP contribution in [0.25, 0.3) is 0 Å². The predicted molar refractivity (Wildman–Crippen MR) is 84.0 cm³/mol. The van der Waals surface area contributed by atoms with Gasteiger partial charge in [-0.1, -0.05) is 0 Å². The maximum Gasteiger partial charge on any atom is 0.287 e. The van der Waals surface area contributed by atoms with Gasteiger partial charge in [0.05, 0.1) is 4.92 Å². The molecule has 0 radical (unpaired) electrons. The van der Waals surface area contributed by atoms with Gasteiger partial charge in [-0.25, -0.2) is 9.97 Å². The van der Waals surface area contributed by atoms with E-state index >= 15 is 0 Å². The van der Waals surface area contributed by atoms with Crippen molar-refractivity contribution in [2.45, 2.75) is 18.9 Å². The molecule has 2 aromatic rings. The molecule has 8 heteroatoms. The number of hydrogen-bond donors (Lipinski definition) is 1. The highest BCUT2D eigenvalue weighted by Crippen LogP contribution is 2.30. The highest BCUT2D eigenvalue weighted by molar-refractivity contribution is 5.43. The van der Waals surface area contributed by atoms with E-state index in [0.29, 0.717) is 18.2 Å². The number of pyridine rings is 1. The zero-order valence-corrected chi connectivity index (χ0v) is 12.9. The number of piperidine rings is 1. The van der Waals surface area contributed by atoms with Gasteiger partial charge >= 0.3 is 0 Å². The normalized spacial score (nSPS) is 19.6. The van der Waals surface area contributed by atoms with Crippen molar-refractivity contribution in [3.05, 3.63) is 46.7 Å². The van der Waals surface area contributed by atoms with Crippen LogP contribution in [0.15, 0.2) is 30.7 Å². The van der Waals surface area contributed by atoms with E-state index in [9.17, 15) is 15.2 Å². The van der Waals surface area contributed by atoms with Gasteiger partial charge in [-0.15, -0.1) is 0 Å². The lowest BCUT2D eigenvalue weighted by Gasteiger charge is -2.35. The van der Waals surface area contributed by atoms with E-state index in [0.717, 1.165) is 19.4 Å². The molecule has 122 valence electrons. The van der Waals surface area contributed by atoms with Crippen LogP contribution >= 0.6 is 0 Å². The largest absolute Gasteiger partial charge is 0.385 e. The molecule has 2 atom stereocenters. The van der Waals surface area contributed by atoms with Crippen LogP contribution in [0.1, 0.15) is 24.8 Å². The zero-order chi connectivity index (χ0) is 16.4. The van der Waals surface area contributed by atoms with Crippen LogP contribution in [0.3, 0.4) is 0 Å². The van der Waals surface area contributed by atoms with E-state index in [1.807, 2.05) is 17.8 Å². The number of nitro groups is 1. The van der Waals surface area contributed by atoms with Gasteiger partial charge in [-0.2, -0.15) is 0 Å². The Balaban J connectivity index is 1.73. The van der Waals surface area contributed by atoms with Crippen molar-refractivity contribution in [3.8, 4) is 0 Å². The minimum atomic E-state index is -0.629. The number of aliphatic hydroxyl groups excluding tert-OH is 1. The van der Waals surface area contributed by atoms with Crippen LogP contribution in [0.5, 0.6) is 0 Å².